The number of hydrogen-bond acceptors (Lipinski definition) is 4. The van der Waals surface area contributed by atoms with Crippen LogP contribution in [-0.4, -0.2) is 20.0 Å². The number of aromatic nitrogens is 4. The zero-order valence-corrected chi connectivity index (χ0v) is 7.91. The topological polar surface area (TPSA) is 56.7 Å². The highest BCUT2D eigenvalue weighted by Crippen LogP contribution is 2.27. The number of nitrogens with zero attached hydrogens (tertiary/aromatic N) is 4. The summed E-state index contributed by atoms with van der Waals surface area (Å²) in [5.41, 5.74) is 1.40. The monoisotopic (exact) mass is 198 g/mol. The molecule has 0 atom stereocenters. The van der Waals surface area contributed by atoms with E-state index >= 15 is 0 Å². The molecule has 2 aromatic heterocycles. The molecular formula is C7H7ClN4O. The first-order valence-corrected chi connectivity index (χ1v) is 4.03. The minimum Gasteiger partial charge on any atom is -0.422 e. The first-order valence-electron chi connectivity index (χ1n) is 3.66. The summed E-state index contributed by atoms with van der Waals surface area (Å²) in [5, 5.41) is 12.0. The van der Waals surface area contributed by atoms with Crippen LogP contribution in [0, 0.1) is 6.92 Å². The molecule has 0 radical (unpaired) electrons. The maximum atomic E-state index is 5.99. The molecule has 0 aliphatic heterocycles. The van der Waals surface area contributed by atoms with Gasteiger partial charge in [-0.25, -0.2) is 0 Å². The Labute approximate surface area is 79.3 Å². The highest BCUT2D eigenvalue weighted by molar-refractivity contribution is 6.33. The van der Waals surface area contributed by atoms with E-state index in [-0.39, 0.29) is 0 Å². The quantitative estimate of drug-likeness (QED) is 0.696. The van der Waals surface area contributed by atoms with Crippen LogP contribution in [0.2, 0.25) is 5.02 Å². The molecule has 0 spiro atoms. The molecule has 0 saturated heterocycles. The molecule has 0 saturated carbocycles. The van der Waals surface area contributed by atoms with Gasteiger partial charge in [0.1, 0.15) is 0 Å². The standard InChI is InChI=1S/C7H7ClN4O/c1-4-5(8)6(11-12(4)2)7-10-9-3-13-7/h3H,1-2H3. The average molecular weight is 199 g/mol. The molecule has 2 aromatic rings. The van der Waals surface area contributed by atoms with Crippen molar-refractivity contribution in [3.63, 3.8) is 0 Å². The number of rotatable bonds is 1. The van der Waals surface area contributed by atoms with Gasteiger partial charge in [-0.3, -0.25) is 4.68 Å². The second kappa shape index (κ2) is 2.85. The fourth-order valence-corrected chi connectivity index (χ4v) is 1.24. The Morgan fingerprint density at radius 2 is 2.31 bits per heavy atom. The Morgan fingerprint density at radius 3 is 2.77 bits per heavy atom. The highest BCUT2D eigenvalue weighted by Gasteiger charge is 2.16. The third-order valence-electron chi connectivity index (χ3n) is 1.82. The van der Waals surface area contributed by atoms with Gasteiger partial charge < -0.3 is 4.42 Å². The number of halogens is 1. The predicted octanol–water partition coefficient (Wildman–Crippen LogP) is 1.43. The first kappa shape index (κ1) is 8.25. The molecule has 0 bridgehead atoms. The molecule has 0 fully saturated rings. The Kier molecular flexibility index (Phi) is 1.81. The molecule has 6 heteroatoms. The average Bonchev–Trinajstić information content (AvgIpc) is 2.70. The Morgan fingerprint density at radius 1 is 1.54 bits per heavy atom. The van der Waals surface area contributed by atoms with Crippen molar-refractivity contribution >= 4 is 11.6 Å². The number of aryl methyl sites for hydroxylation is 1. The summed E-state index contributed by atoms with van der Waals surface area (Å²) >= 11 is 5.99. The van der Waals surface area contributed by atoms with Crippen LogP contribution < -0.4 is 0 Å². The second-order valence-electron chi connectivity index (χ2n) is 2.62. The van der Waals surface area contributed by atoms with Crippen LogP contribution in [0.1, 0.15) is 5.69 Å². The zero-order chi connectivity index (χ0) is 9.42. The summed E-state index contributed by atoms with van der Waals surface area (Å²) < 4.78 is 6.65. The van der Waals surface area contributed by atoms with Crippen molar-refractivity contribution in [2.75, 3.05) is 0 Å². The minimum atomic E-state index is 0.341. The van der Waals surface area contributed by atoms with E-state index in [9.17, 15) is 0 Å². The van der Waals surface area contributed by atoms with Gasteiger partial charge in [0.05, 0.1) is 10.7 Å². The van der Waals surface area contributed by atoms with Crippen molar-refractivity contribution in [3.05, 3.63) is 17.1 Å². The van der Waals surface area contributed by atoms with E-state index in [1.165, 1.54) is 6.39 Å². The lowest BCUT2D eigenvalue weighted by Gasteiger charge is -1.89. The van der Waals surface area contributed by atoms with Crippen LogP contribution in [0.25, 0.3) is 11.6 Å². The maximum Gasteiger partial charge on any atom is 0.269 e. The predicted molar refractivity (Wildman–Crippen MR) is 46.2 cm³/mol. The summed E-state index contributed by atoms with van der Waals surface area (Å²) in [6, 6.07) is 0. The molecule has 0 aromatic carbocycles. The fraction of sp³-hybridized carbons (Fsp3) is 0.286. The van der Waals surface area contributed by atoms with E-state index < -0.39 is 0 Å². The third kappa shape index (κ3) is 1.21. The molecule has 68 valence electrons. The lowest BCUT2D eigenvalue weighted by atomic mass is 10.4. The smallest absolute Gasteiger partial charge is 0.269 e. The molecule has 0 N–H and O–H groups in total. The highest BCUT2D eigenvalue weighted by atomic mass is 35.5. The Bertz CT molecular complexity index is 420. The SMILES string of the molecule is Cc1c(Cl)c(-c2nnco2)nn1C. The number of hydrogen-bond donors (Lipinski definition) is 0. The van der Waals surface area contributed by atoms with Gasteiger partial charge in [0.25, 0.3) is 5.89 Å². The van der Waals surface area contributed by atoms with Crippen molar-refractivity contribution in [2.24, 2.45) is 7.05 Å². The summed E-state index contributed by atoms with van der Waals surface area (Å²) in [6.07, 6.45) is 1.25. The molecular weight excluding hydrogens is 192 g/mol. The van der Waals surface area contributed by atoms with Crippen LogP contribution in [0.15, 0.2) is 10.8 Å². The van der Waals surface area contributed by atoms with Gasteiger partial charge in [-0.2, -0.15) is 5.10 Å². The minimum absolute atomic E-state index is 0.341. The summed E-state index contributed by atoms with van der Waals surface area (Å²) in [5.74, 6) is 0.341. The molecule has 2 heterocycles. The molecule has 5 nitrogen and oxygen atoms in total. The van der Waals surface area contributed by atoms with Gasteiger partial charge in [0, 0.05) is 7.05 Å². The Hall–Kier alpha value is -1.36. The zero-order valence-electron chi connectivity index (χ0n) is 7.15. The van der Waals surface area contributed by atoms with Gasteiger partial charge >= 0.3 is 0 Å². The second-order valence-corrected chi connectivity index (χ2v) is 2.99. The molecule has 0 aliphatic rings. The van der Waals surface area contributed by atoms with Gasteiger partial charge in [0.15, 0.2) is 5.69 Å². The van der Waals surface area contributed by atoms with Gasteiger partial charge in [-0.1, -0.05) is 11.6 Å². The van der Waals surface area contributed by atoms with Gasteiger partial charge in [-0.15, -0.1) is 10.2 Å². The summed E-state index contributed by atoms with van der Waals surface area (Å²) in [6.45, 7) is 1.87. The molecule has 2 rings (SSSR count). The Balaban J connectivity index is 2.59. The van der Waals surface area contributed by atoms with Crippen LogP contribution in [0.5, 0.6) is 0 Å². The van der Waals surface area contributed by atoms with Crippen LogP contribution in [-0.2, 0) is 7.05 Å². The molecule has 0 unspecified atom stereocenters. The lowest BCUT2D eigenvalue weighted by Crippen LogP contribution is -1.92. The van der Waals surface area contributed by atoms with E-state index in [1.807, 2.05) is 6.92 Å². The largest absolute Gasteiger partial charge is 0.422 e. The summed E-state index contributed by atoms with van der Waals surface area (Å²) in [4.78, 5) is 0. The van der Waals surface area contributed by atoms with Crippen LogP contribution in [0.4, 0.5) is 0 Å². The summed E-state index contributed by atoms with van der Waals surface area (Å²) in [7, 11) is 1.81. The lowest BCUT2D eigenvalue weighted by molar-refractivity contribution is 0.564. The van der Waals surface area contributed by atoms with Crippen molar-refractivity contribution in [1.82, 2.24) is 20.0 Å². The van der Waals surface area contributed by atoms with Crippen molar-refractivity contribution in [1.29, 1.82) is 0 Å². The molecule has 0 amide bonds. The van der Waals surface area contributed by atoms with E-state index in [0.29, 0.717) is 16.6 Å². The normalized spacial score (nSPS) is 10.7. The van der Waals surface area contributed by atoms with E-state index in [1.54, 1.807) is 11.7 Å². The fourth-order valence-electron chi connectivity index (χ4n) is 0.995. The van der Waals surface area contributed by atoms with Crippen molar-refractivity contribution in [3.8, 4) is 11.6 Å². The van der Waals surface area contributed by atoms with Crippen molar-refractivity contribution < 1.29 is 4.42 Å². The molecule has 13 heavy (non-hydrogen) atoms. The van der Waals surface area contributed by atoms with Gasteiger partial charge in [-0.05, 0) is 6.92 Å². The van der Waals surface area contributed by atoms with Gasteiger partial charge in [0.2, 0.25) is 6.39 Å². The molecule has 0 aliphatic carbocycles. The first-order chi connectivity index (χ1) is 6.20. The van der Waals surface area contributed by atoms with E-state index in [0.717, 1.165) is 5.69 Å². The third-order valence-corrected chi connectivity index (χ3v) is 2.28. The van der Waals surface area contributed by atoms with Crippen LogP contribution in [0.3, 0.4) is 0 Å². The van der Waals surface area contributed by atoms with E-state index in [4.69, 9.17) is 16.0 Å². The van der Waals surface area contributed by atoms with E-state index in [2.05, 4.69) is 15.3 Å². The van der Waals surface area contributed by atoms with Crippen LogP contribution >= 0.6 is 11.6 Å². The van der Waals surface area contributed by atoms with Crippen molar-refractivity contribution in [2.45, 2.75) is 6.92 Å². The maximum absolute atomic E-state index is 5.99.